The molecule has 0 aliphatic rings. The van der Waals surface area contributed by atoms with Gasteiger partial charge in [-0.1, -0.05) is 6.92 Å². The third-order valence-corrected chi connectivity index (χ3v) is 3.19. The van der Waals surface area contributed by atoms with Gasteiger partial charge in [0.05, 0.1) is 24.1 Å². The lowest BCUT2D eigenvalue weighted by molar-refractivity contribution is 0.122. The fourth-order valence-electron chi connectivity index (χ4n) is 1.94. The van der Waals surface area contributed by atoms with Crippen molar-refractivity contribution in [2.24, 2.45) is 0 Å². The zero-order chi connectivity index (χ0) is 14.5. The first-order valence-electron chi connectivity index (χ1n) is 6.67. The summed E-state index contributed by atoms with van der Waals surface area (Å²) < 4.78 is 27.7. The average Bonchev–Trinajstić information content (AvgIpc) is 3.03. The average molecular weight is 283 g/mol. The van der Waals surface area contributed by atoms with E-state index in [9.17, 15) is 8.78 Å². The van der Waals surface area contributed by atoms with Crippen LogP contribution in [0, 0.1) is 0 Å². The Morgan fingerprint density at radius 3 is 2.85 bits per heavy atom. The van der Waals surface area contributed by atoms with Gasteiger partial charge in [-0.2, -0.15) is 10.2 Å². The molecule has 1 unspecified atom stereocenters. The van der Waals surface area contributed by atoms with Crippen molar-refractivity contribution < 1.29 is 8.78 Å². The second-order valence-electron chi connectivity index (χ2n) is 4.72. The molecule has 1 N–H and O–H groups in total. The Kier molecular flexibility index (Phi) is 4.70. The molecule has 5 nitrogen and oxygen atoms in total. The van der Waals surface area contributed by atoms with Crippen molar-refractivity contribution in [3.8, 4) is 0 Å². The molecule has 2 heterocycles. The van der Waals surface area contributed by atoms with E-state index in [-0.39, 0.29) is 6.54 Å². The summed E-state index contributed by atoms with van der Waals surface area (Å²) in [6, 6.07) is 2.28. The summed E-state index contributed by atoms with van der Waals surface area (Å²) in [6.07, 6.45) is 3.50. The van der Waals surface area contributed by atoms with Crippen LogP contribution in [0.5, 0.6) is 0 Å². The van der Waals surface area contributed by atoms with Crippen molar-refractivity contribution in [1.82, 2.24) is 19.6 Å². The van der Waals surface area contributed by atoms with E-state index in [1.165, 1.54) is 4.68 Å². The standard InChI is InChI=1S/C13H19F2N5/c1-3-10(2)20-12(4-5-17-20)7-16-11-6-18-19(8-11)9-13(14)15/h4-6,8,10,13,16H,3,7,9H2,1-2H3. The number of rotatable bonds is 7. The van der Waals surface area contributed by atoms with Crippen LogP contribution in [0.2, 0.25) is 0 Å². The number of hydrogen-bond donors (Lipinski definition) is 1. The van der Waals surface area contributed by atoms with Gasteiger partial charge in [0.2, 0.25) is 0 Å². The molecule has 2 aromatic rings. The fourth-order valence-corrected chi connectivity index (χ4v) is 1.94. The molecule has 7 heteroatoms. The van der Waals surface area contributed by atoms with Crippen LogP contribution in [-0.4, -0.2) is 26.0 Å². The molecule has 0 fully saturated rings. The maximum Gasteiger partial charge on any atom is 0.257 e. The van der Waals surface area contributed by atoms with Crippen molar-refractivity contribution in [1.29, 1.82) is 0 Å². The van der Waals surface area contributed by atoms with Gasteiger partial charge in [0.15, 0.2) is 0 Å². The van der Waals surface area contributed by atoms with Crippen LogP contribution in [0.3, 0.4) is 0 Å². The third kappa shape index (κ3) is 3.55. The van der Waals surface area contributed by atoms with Gasteiger partial charge in [-0.25, -0.2) is 8.78 Å². The van der Waals surface area contributed by atoms with Crippen LogP contribution < -0.4 is 5.32 Å². The number of halogens is 2. The van der Waals surface area contributed by atoms with E-state index in [4.69, 9.17) is 0 Å². The van der Waals surface area contributed by atoms with E-state index in [1.807, 2.05) is 10.7 Å². The molecule has 0 saturated carbocycles. The first-order valence-corrected chi connectivity index (χ1v) is 6.67. The molecule has 0 bridgehead atoms. The van der Waals surface area contributed by atoms with Gasteiger partial charge in [0, 0.05) is 18.4 Å². The second-order valence-corrected chi connectivity index (χ2v) is 4.72. The van der Waals surface area contributed by atoms with Gasteiger partial charge in [0.25, 0.3) is 6.43 Å². The van der Waals surface area contributed by atoms with Crippen LogP contribution in [0.15, 0.2) is 24.7 Å². The lowest BCUT2D eigenvalue weighted by Gasteiger charge is -2.14. The Morgan fingerprint density at radius 1 is 1.35 bits per heavy atom. The number of anilines is 1. The van der Waals surface area contributed by atoms with Gasteiger partial charge in [-0.05, 0) is 19.4 Å². The van der Waals surface area contributed by atoms with E-state index in [0.717, 1.165) is 17.8 Å². The van der Waals surface area contributed by atoms with Crippen molar-refractivity contribution >= 4 is 5.69 Å². The zero-order valence-corrected chi connectivity index (χ0v) is 11.6. The van der Waals surface area contributed by atoms with Crippen molar-refractivity contribution in [3.05, 3.63) is 30.4 Å². The number of nitrogens with zero attached hydrogens (tertiary/aromatic N) is 4. The molecule has 0 aromatic carbocycles. The highest BCUT2D eigenvalue weighted by molar-refractivity contribution is 5.38. The highest BCUT2D eigenvalue weighted by Crippen LogP contribution is 2.14. The van der Waals surface area contributed by atoms with Crippen molar-refractivity contribution in [3.63, 3.8) is 0 Å². The van der Waals surface area contributed by atoms with Gasteiger partial charge >= 0.3 is 0 Å². The molecule has 0 saturated heterocycles. The first-order chi connectivity index (χ1) is 9.60. The lowest BCUT2D eigenvalue weighted by atomic mass is 10.2. The molecule has 2 rings (SSSR count). The minimum Gasteiger partial charge on any atom is -0.377 e. The van der Waals surface area contributed by atoms with Gasteiger partial charge in [-0.3, -0.25) is 9.36 Å². The molecule has 0 amide bonds. The molecular weight excluding hydrogens is 264 g/mol. The molecular formula is C13H19F2N5. The number of nitrogens with one attached hydrogen (secondary N) is 1. The summed E-state index contributed by atoms with van der Waals surface area (Å²) >= 11 is 0. The summed E-state index contributed by atoms with van der Waals surface area (Å²) in [5.74, 6) is 0. The van der Waals surface area contributed by atoms with Crippen LogP contribution >= 0.6 is 0 Å². The SMILES string of the molecule is CCC(C)n1nccc1CNc1cnn(CC(F)F)c1. The highest BCUT2D eigenvalue weighted by Gasteiger charge is 2.09. The zero-order valence-electron chi connectivity index (χ0n) is 11.6. The molecule has 1 atom stereocenters. The summed E-state index contributed by atoms with van der Waals surface area (Å²) in [5, 5.41) is 11.4. The number of alkyl halides is 2. The largest absolute Gasteiger partial charge is 0.377 e. The Bertz CT molecular complexity index is 534. The monoisotopic (exact) mass is 283 g/mol. The van der Waals surface area contributed by atoms with Crippen LogP contribution in [0.25, 0.3) is 0 Å². The molecule has 0 spiro atoms. The Balaban J connectivity index is 1.95. The maximum absolute atomic E-state index is 12.2. The predicted molar refractivity (Wildman–Crippen MR) is 72.8 cm³/mol. The molecule has 0 aliphatic carbocycles. The maximum atomic E-state index is 12.2. The molecule has 110 valence electrons. The normalized spacial score (nSPS) is 12.8. The Hall–Kier alpha value is -1.92. The molecule has 0 radical (unpaired) electrons. The molecule has 2 aromatic heterocycles. The van der Waals surface area contributed by atoms with Gasteiger partial charge in [0.1, 0.15) is 6.54 Å². The third-order valence-electron chi connectivity index (χ3n) is 3.19. The minimum absolute atomic E-state index is 0.336. The highest BCUT2D eigenvalue weighted by atomic mass is 19.3. The van der Waals surface area contributed by atoms with E-state index >= 15 is 0 Å². The fraction of sp³-hybridized carbons (Fsp3) is 0.538. The van der Waals surface area contributed by atoms with Crippen molar-refractivity contribution in [2.75, 3.05) is 5.32 Å². The summed E-state index contributed by atoms with van der Waals surface area (Å²) in [5.41, 5.74) is 1.78. The molecule has 0 aliphatic heterocycles. The number of hydrogen-bond acceptors (Lipinski definition) is 3. The topological polar surface area (TPSA) is 47.7 Å². The smallest absolute Gasteiger partial charge is 0.257 e. The van der Waals surface area contributed by atoms with Gasteiger partial charge < -0.3 is 5.32 Å². The quantitative estimate of drug-likeness (QED) is 0.850. The summed E-state index contributed by atoms with van der Waals surface area (Å²) in [4.78, 5) is 0. The van der Waals surface area contributed by atoms with Crippen molar-refractivity contribution in [2.45, 2.75) is 45.8 Å². The first kappa shape index (κ1) is 14.5. The Labute approximate surface area is 116 Å². The minimum atomic E-state index is -2.39. The van der Waals surface area contributed by atoms with E-state index < -0.39 is 6.43 Å². The second kappa shape index (κ2) is 6.49. The van der Waals surface area contributed by atoms with Crippen LogP contribution in [0.4, 0.5) is 14.5 Å². The van der Waals surface area contributed by atoms with Crippen LogP contribution in [0.1, 0.15) is 32.0 Å². The van der Waals surface area contributed by atoms with Gasteiger partial charge in [-0.15, -0.1) is 0 Å². The van der Waals surface area contributed by atoms with Crippen LogP contribution in [-0.2, 0) is 13.1 Å². The van der Waals surface area contributed by atoms with E-state index in [0.29, 0.717) is 12.6 Å². The number of aromatic nitrogens is 4. The van der Waals surface area contributed by atoms with E-state index in [2.05, 4.69) is 29.4 Å². The molecule has 20 heavy (non-hydrogen) atoms. The van der Waals surface area contributed by atoms with E-state index in [1.54, 1.807) is 18.6 Å². The lowest BCUT2D eigenvalue weighted by Crippen LogP contribution is -2.12. The summed E-state index contributed by atoms with van der Waals surface area (Å²) in [6.45, 7) is 4.42. The summed E-state index contributed by atoms with van der Waals surface area (Å²) in [7, 11) is 0. The Morgan fingerprint density at radius 2 is 2.15 bits per heavy atom. The predicted octanol–water partition coefficient (Wildman–Crippen LogP) is 2.93.